The quantitative estimate of drug-likeness (QED) is 0.327. The summed E-state index contributed by atoms with van der Waals surface area (Å²) in [6.07, 6.45) is 4.74. The molecule has 196 valence electrons. The number of pyridine rings is 2. The van der Waals surface area contributed by atoms with E-state index in [4.69, 9.17) is 12.2 Å². The molecule has 10 heteroatoms. The van der Waals surface area contributed by atoms with Gasteiger partial charge in [-0.25, -0.2) is 13.4 Å². The predicted molar refractivity (Wildman–Crippen MR) is 155 cm³/mol. The number of hydrogen-bond acceptors (Lipinski definition) is 5. The van der Waals surface area contributed by atoms with Gasteiger partial charge in [0.15, 0.2) is 5.11 Å². The second kappa shape index (κ2) is 9.85. The van der Waals surface area contributed by atoms with Crippen LogP contribution in [0, 0.1) is 27.7 Å². The third-order valence-electron chi connectivity index (χ3n) is 6.86. The summed E-state index contributed by atoms with van der Waals surface area (Å²) in [7, 11) is -3.40. The molecule has 0 spiro atoms. The number of nitrogens with zero attached hydrogens (tertiary/aromatic N) is 4. The fourth-order valence-electron chi connectivity index (χ4n) is 5.19. The molecule has 1 aliphatic heterocycles. The van der Waals surface area contributed by atoms with Crippen LogP contribution >= 0.6 is 12.2 Å². The van der Waals surface area contributed by atoms with Crippen LogP contribution in [0.5, 0.6) is 0 Å². The molecule has 1 saturated heterocycles. The molecule has 5 rings (SSSR count). The van der Waals surface area contributed by atoms with Crippen LogP contribution in [0.3, 0.4) is 0 Å². The monoisotopic (exact) mass is 546 g/mol. The molecule has 1 fully saturated rings. The molecule has 8 nitrogen and oxygen atoms in total. The summed E-state index contributed by atoms with van der Waals surface area (Å²) in [6, 6.07) is 17.3. The van der Waals surface area contributed by atoms with Crippen molar-refractivity contribution < 1.29 is 8.42 Å². The minimum Gasteiger partial charge on any atom is -0.351 e. The van der Waals surface area contributed by atoms with Gasteiger partial charge in [0.25, 0.3) is 0 Å². The first-order chi connectivity index (χ1) is 18.0. The van der Waals surface area contributed by atoms with Gasteiger partial charge in [-0.15, -0.1) is 0 Å². The molecule has 3 aromatic heterocycles. The summed E-state index contributed by atoms with van der Waals surface area (Å²) in [4.78, 5) is 11.4. The molecule has 0 bridgehead atoms. The van der Waals surface area contributed by atoms with Crippen molar-refractivity contribution in [2.45, 2.75) is 39.8 Å². The Labute approximate surface area is 228 Å². The molecule has 0 aliphatic carbocycles. The molecule has 0 unspecified atom stereocenters. The lowest BCUT2D eigenvalue weighted by atomic mass is 9.96. The Morgan fingerprint density at radius 2 is 1.71 bits per heavy atom. The zero-order chi connectivity index (χ0) is 27.2. The molecule has 4 heterocycles. The highest BCUT2D eigenvalue weighted by Crippen LogP contribution is 2.44. The van der Waals surface area contributed by atoms with Crippen LogP contribution in [0.1, 0.15) is 45.9 Å². The Morgan fingerprint density at radius 1 is 0.947 bits per heavy atom. The minimum absolute atomic E-state index is 0.198. The Kier molecular flexibility index (Phi) is 6.70. The Balaban J connectivity index is 1.66. The first-order valence-corrected chi connectivity index (χ1v) is 14.5. The molecule has 0 saturated carbocycles. The molecule has 1 aliphatic rings. The van der Waals surface area contributed by atoms with Gasteiger partial charge in [-0.2, -0.15) is 0 Å². The largest absolute Gasteiger partial charge is 0.351 e. The zero-order valence-corrected chi connectivity index (χ0v) is 23.6. The average molecular weight is 547 g/mol. The lowest BCUT2D eigenvalue weighted by Crippen LogP contribution is -2.29. The Bertz CT molecular complexity index is 1630. The average Bonchev–Trinajstić information content (AvgIpc) is 3.36. The van der Waals surface area contributed by atoms with E-state index in [-0.39, 0.29) is 12.1 Å². The lowest BCUT2D eigenvalue weighted by molar-refractivity contribution is 0.565. The predicted octanol–water partition coefficient (Wildman–Crippen LogP) is 5.05. The van der Waals surface area contributed by atoms with Crippen molar-refractivity contribution in [3.05, 3.63) is 101 Å². The standard InChI is InChI=1S/C28H30N6O2S2/c1-17-9-8-14-30-27(17)33-19(3)16-22(20(33)4)26-25(24-10-6-7-13-29-24)31-28(37)34(26)21-11-12-23(18(2)15-21)32-38(5,35)36/h6-16,25-26,32H,1-5H3,(H,31,37)/t25-,26+/m0/s1. The van der Waals surface area contributed by atoms with E-state index in [9.17, 15) is 8.42 Å². The molecule has 2 N–H and O–H groups in total. The number of rotatable bonds is 6. The first kappa shape index (κ1) is 25.9. The van der Waals surface area contributed by atoms with E-state index >= 15 is 0 Å². The van der Waals surface area contributed by atoms with Gasteiger partial charge in [-0.1, -0.05) is 12.1 Å². The van der Waals surface area contributed by atoms with Crippen LogP contribution in [0.4, 0.5) is 11.4 Å². The molecular formula is C28H30N6O2S2. The molecule has 0 amide bonds. The SMILES string of the molecule is Cc1cc(N2C(=S)N[C@@H](c3ccccn3)[C@H]2c2cc(C)n(-c3ncccc3C)c2C)ccc1NS(C)(=O)=O. The second-order valence-corrected chi connectivity index (χ2v) is 11.8. The summed E-state index contributed by atoms with van der Waals surface area (Å²) in [5, 5.41) is 4.08. The van der Waals surface area contributed by atoms with Crippen molar-refractivity contribution in [2.75, 3.05) is 15.9 Å². The third-order valence-corrected chi connectivity index (χ3v) is 7.77. The number of anilines is 2. The van der Waals surface area contributed by atoms with Crippen LogP contribution in [-0.2, 0) is 10.0 Å². The molecular weight excluding hydrogens is 516 g/mol. The Hall–Kier alpha value is -3.76. The van der Waals surface area contributed by atoms with E-state index in [0.29, 0.717) is 10.8 Å². The maximum atomic E-state index is 11.8. The van der Waals surface area contributed by atoms with Gasteiger partial charge < -0.3 is 14.8 Å². The van der Waals surface area contributed by atoms with E-state index in [1.165, 1.54) is 0 Å². The van der Waals surface area contributed by atoms with Gasteiger partial charge in [0.05, 0.1) is 29.7 Å². The number of aryl methyl sites for hydroxylation is 3. The molecule has 38 heavy (non-hydrogen) atoms. The number of hydrogen-bond donors (Lipinski definition) is 2. The van der Waals surface area contributed by atoms with Crippen molar-refractivity contribution in [1.29, 1.82) is 0 Å². The normalized spacial score (nSPS) is 17.5. The maximum absolute atomic E-state index is 11.8. The van der Waals surface area contributed by atoms with Crippen molar-refractivity contribution in [2.24, 2.45) is 0 Å². The van der Waals surface area contributed by atoms with Gasteiger partial charge in [0.1, 0.15) is 5.82 Å². The highest BCUT2D eigenvalue weighted by atomic mass is 32.2. The second-order valence-electron chi connectivity index (χ2n) is 9.68. The summed E-state index contributed by atoms with van der Waals surface area (Å²) in [5.74, 6) is 0.898. The number of aromatic nitrogens is 3. The van der Waals surface area contributed by atoms with Crippen molar-refractivity contribution >= 4 is 38.7 Å². The number of benzene rings is 1. The van der Waals surface area contributed by atoms with Crippen molar-refractivity contribution in [3.8, 4) is 5.82 Å². The number of nitrogens with one attached hydrogen (secondary N) is 2. The van der Waals surface area contributed by atoms with Gasteiger partial charge in [-0.05, 0) is 99.1 Å². The fraction of sp³-hybridized carbons (Fsp3) is 0.250. The fourth-order valence-corrected chi connectivity index (χ4v) is 6.16. The van der Waals surface area contributed by atoms with E-state index in [1.54, 1.807) is 12.3 Å². The highest BCUT2D eigenvalue weighted by Gasteiger charge is 2.42. The number of sulfonamides is 1. The van der Waals surface area contributed by atoms with Crippen LogP contribution in [-0.4, -0.2) is 34.3 Å². The summed E-state index contributed by atoms with van der Waals surface area (Å²) in [5.41, 5.74) is 7.41. The van der Waals surface area contributed by atoms with Gasteiger partial charge in [-0.3, -0.25) is 9.71 Å². The zero-order valence-electron chi connectivity index (χ0n) is 21.9. The van der Waals surface area contributed by atoms with E-state index < -0.39 is 10.0 Å². The van der Waals surface area contributed by atoms with Gasteiger partial charge in [0, 0.05) is 29.5 Å². The van der Waals surface area contributed by atoms with Gasteiger partial charge in [0.2, 0.25) is 10.0 Å². The van der Waals surface area contributed by atoms with Crippen LogP contribution in [0.15, 0.2) is 67.0 Å². The minimum atomic E-state index is -3.40. The van der Waals surface area contributed by atoms with Crippen LogP contribution < -0.4 is 14.9 Å². The molecule has 4 aromatic rings. The lowest BCUT2D eigenvalue weighted by Gasteiger charge is -2.29. The van der Waals surface area contributed by atoms with E-state index in [0.717, 1.165) is 51.5 Å². The summed E-state index contributed by atoms with van der Waals surface area (Å²) >= 11 is 5.89. The number of thiocarbonyl (C=S) groups is 1. The smallest absolute Gasteiger partial charge is 0.229 e. The Morgan fingerprint density at radius 3 is 2.37 bits per heavy atom. The maximum Gasteiger partial charge on any atom is 0.229 e. The molecule has 2 atom stereocenters. The van der Waals surface area contributed by atoms with E-state index in [2.05, 4.69) is 62.4 Å². The van der Waals surface area contributed by atoms with Gasteiger partial charge >= 0.3 is 0 Å². The molecule has 0 radical (unpaired) electrons. The topological polar surface area (TPSA) is 92.2 Å². The highest BCUT2D eigenvalue weighted by molar-refractivity contribution is 7.92. The van der Waals surface area contributed by atoms with Crippen molar-refractivity contribution in [1.82, 2.24) is 19.9 Å². The van der Waals surface area contributed by atoms with Crippen molar-refractivity contribution in [3.63, 3.8) is 0 Å². The summed E-state index contributed by atoms with van der Waals surface area (Å²) in [6.45, 7) is 8.13. The summed E-state index contributed by atoms with van der Waals surface area (Å²) < 4.78 is 28.4. The van der Waals surface area contributed by atoms with E-state index in [1.807, 2.05) is 49.5 Å². The van der Waals surface area contributed by atoms with Crippen LogP contribution in [0.25, 0.3) is 5.82 Å². The van der Waals surface area contributed by atoms with Crippen LogP contribution in [0.2, 0.25) is 0 Å². The molecule has 1 aromatic carbocycles. The first-order valence-electron chi connectivity index (χ1n) is 12.2. The third kappa shape index (κ3) is 4.77.